The summed E-state index contributed by atoms with van der Waals surface area (Å²) < 4.78 is 13.8. The van der Waals surface area contributed by atoms with Crippen LogP contribution in [0.3, 0.4) is 0 Å². The molecule has 0 radical (unpaired) electrons. The van der Waals surface area contributed by atoms with Gasteiger partial charge < -0.3 is 19.0 Å². The van der Waals surface area contributed by atoms with Crippen molar-refractivity contribution in [2.45, 2.75) is 6.29 Å². The van der Waals surface area contributed by atoms with Gasteiger partial charge in [-0.3, -0.25) is 0 Å². The van der Waals surface area contributed by atoms with Gasteiger partial charge in [-0.15, -0.1) is 0 Å². The van der Waals surface area contributed by atoms with Crippen LogP contribution < -0.4 is 0 Å². The number of hydrogen-bond acceptors (Lipinski definition) is 5. The Morgan fingerprint density at radius 3 is 2.85 bits per heavy atom. The summed E-state index contributed by atoms with van der Waals surface area (Å²) in [6.45, 7) is 0. The van der Waals surface area contributed by atoms with Gasteiger partial charge in [0.15, 0.2) is 6.29 Å². The summed E-state index contributed by atoms with van der Waals surface area (Å²) in [6.07, 6.45) is 0.155. The van der Waals surface area contributed by atoms with E-state index in [0.29, 0.717) is 5.56 Å². The summed E-state index contributed by atoms with van der Waals surface area (Å²) in [4.78, 5) is 10.9. The van der Waals surface area contributed by atoms with Crippen LogP contribution in [0.4, 0.5) is 0 Å². The second kappa shape index (κ2) is 4.06. The lowest BCUT2D eigenvalue weighted by Gasteiger charge is -2.02. The fraction of sp³-hybridized carbons (Fsp3) is 0.375. The Morgan fingerprint density at radius 1 is 1.62 bits per heavy atom. The smallest absolute Gasteiger partial charge is 0.373 e. The van der Waals surface area contributed by atoms with Crippen molar-refractivity contribution >= 4 is 5.97 Å². The monoisotopic (exact) mass is 186 g/mol. The van der Waals surface area contributed by atoms with E-state index in [4.69, 9.17) is 9.52 Å². The van der Waals surface area contributed by atoms with E-state index in [1.807, 2.05) is 0 Å². The molecule has 0 fully saturated rings. The Morgan fingerprint density at radius 2 is 2.31 bits per heavy atom. The van der Waals surface area contributed by atoms with Gasteiger partial charge in [0.2, 0.25) is 5.76 Å². The van der Waals surface area contributed by atoms with Crippen molar-refractivity contribution in [2.75, 3.05) is 14.2 Å². The first-order chi connectivity index (χ1) is 6.19. The van der Waals surface area contributed by atoms with Gasteiger partial charge in [-0.05, 0) is 6.07 Å². The van der Waals surface area contributed by atoms with Crippen LogP contribution in [0.25, 0.3) is 0 Å². The van der Waals surface area contributed by atoms with E-state index in [1.165, 1.54) is 26.5 Å². The number of methoxy groups -OCH3 is 2. The van der Waals surface area contributed by atoms with Crippen LogP contribution in [-0.2, 0) is 9.47 Å². The van der Waals surface area contributed by atoms with Gasteiger partial charge in [0, 0.05) is 12.7 Å². The molecule has 0 aromatic carbocycles. The standard InChI is InChI=1S/C8H10O5/c1-11-7(9)5-3-6(13-4-5)8(10)12-2/h3-4,7,9H,1-2H3. The number of ether oxygens (including phenoxy) is 2. The summed E-state index contributed by atoms with van der Waals surface area (Å²) >= 11 is 0. The third kappa shape index (κ3) is 2.07. The molecule has 0 amide bonds. The first-order valence-electron chi connectivity index (χ1n) is 3.56. The molecule has 1 unspecified atom stereocenters. The van der Waals surface area contributed by atoms with E-state index in [0.717, 1.165) is 0 Å². The maximum Gasteiger partial charge on any atom is 0.373 e. The van der Waals surface area contributed by atoms with Crippen LogP contribution in [-0.4, -0.2) is 25.3 Å². The molecule has 72 valence electrons. The van der Waals surface area contributed by atoms with Gasteiger partial charge in [-0.1, -0.05) is 0 Å². The summed E-state index contributed by atoms with van der Waals surface area (Å²) in [5, 5.41) is 9.16. The lowest BCUT2D eigenvalue weighted by atomic mass is 10.3. The number of furan rings is 1. The largest absolute Gasteiger partial charge is 0.463 e. The minimum Gasteiger partial charge on any atom is -0.463 e. The zero-order valence-corrected chi connectivity index (χ0v) is 7.31. The first kappa shape index (κ1) is 9.76. The van der Waals surface area contributed by atoms with Crippen molar-refractivity contribution in [2.24, 2.45) is 0 Å². The van der Waals surface area contributed by atoms with E-state index < -0.39 is 12.3 Å². The molecule has 0 aliphatic carbocycles. The van der Waals surface area contributed by atoms with Crippen molar-refractivity contribution in [3.8, 4) is 0 Å². The first-order valence-corrected chi connectivity index (χ1v) is 3.56. The maximum atomic E-state index is 10.9. The van der Waals surface area contributed by atoms with Gasteiger partial charge in [-0.25, -0.2) is 4.79 Å². The average Bonchev–Trinajstić information content (AvgIpc) is 2.64. The molecule has 5 heteroatoms. The van der Waals surface area contributed by atoms with E-state index in [9.17, 15) is 4.79 Å². The number of aliphatic hydroxyl groups is 1. The number of rotatable bonds is 3. The van der Waals surface area contributed by atoms with E-state index in [1.54, 1.807) is 0 Å². The van der Waals surface area contributed by atoms with Crippen LogP contribution in [0.1, 0.15) is 22.4 Å². The molecule has 1 aromatic rings. The number of carbonyl (C=O) groups is 1. The SMILES string of the molecule is COC(=O)c1cc(C(O)OC)co1. The molecule has 0 saturated heterocycles. The molecule has 0 saturated carbocycles. The van der Waals surface area contributed by atoms with Gasteiger partial charge >= 0.3 is 5.97 Å². The molecule has 1 atom stereocenters. The molecule has 1 N–H and O–H groups in total. The van der Waals surface area contributed by atoms with Crippen LogP contribution in [0, 0.1) is 0 Å². The van der Waals surface area contributed by atoms with Gasteiger partial charge in [-0.2, -0.15) is 0 Å². The van der Waals surface area contributed by atoms with Crippen molar-refractivity contribution < 1.29 is 23.8 Å². The number of hydrogen-bond donors (Lipinski definition) is 1. The molecular weight excluding hydrogens is 176 g/mol. The molecule has 0 aliphatic heterocycles. The number of carbonyl (C=O) groups excluding carboxylic acids is 1. The van der Waals surface area contributed by atoms with Crippen LogP contribution in [0.5, 0.6) is 0 Å². The lowest BCUT2D eigenvalue weighted by Crippen LogP contribution is -2.00. The van der Waals surface area contributed by atoms with E-state index in [2.05, 4.69) is 9.47 Å². The summed E-state index contributed by atoms with van der Waals surface area (Å²) in [7, 11) is 2.59. The Labute approximate surface area is 74.9 Å². The fourth-order valence-electron chi connectivity index (χ4n) is 0.824. The molecule has 1 heterocycles. The summed E-state index contributed by atoms with van der Waals surface area (Å²) in [5.41, 5.74) is 0.378. The van der Waals surface area contributed by atoms with Crippen molar-refractivity contribution in [1.82, 2.24) is 0 Å². The predicted octanol–water partition coefficient (Wildman–Crippen LogP) is 0.704. The zero-order chi connectivity index (χ0) is 9.84. The van der Waals surface area contributed by atoms with E-state index in [-0.39, 0.29) is 5.76 Å². The molecule has 1 aromatic heterocycles. The second-order valence-corrected chi connectivity index (χ2v) is 2.32. The van der Waals surface area contributed by atoms with Crippen molar-refractivity contribution in [3.05, 3.63) is 23.7 Å². The highest BCUT2D eigenvalue weighted by molar-refractivity contribution is 5.86. The lowest BCUT2D eigenvalue weighted by molar-refractivity contribution is -0.0772. The highest BCUT2D eigenvalue weighted by Gasteiger charge is 2.15. The fourth-order valence-corrected chi connectivity index (χ4v) is 0.824. The molecular formula is C8H10O5. The van der Waals surface area contributed by atoms with Gasteiger partial charge in [0.05, 0.1) is 13.4 Å². The quantitative estimate of drug-likeness (QED) is 0.556. The Balaban J connectivity index is 2.80. The minimum absolute atomic E-state index is 0.0357. The van der Waals surface area contributed by atoms with Crippen molar-refractivity contribution in [1.29, 1.82) is 0 Å². The highest BCUT2D eigenvalue weighted by atomic mass is 16.6. The summed E-state index contributed by atoms with van der Waals surface area (Å²) in [5.74, 6) is -0.553. The Hall–Kier alpha value is -1.33. The van der Waals surface area contributed by atoms with Gasteiger partial charge in [0.1, 0.15) is 0 Å². The molecule has 1 rings (SSSR count). The van der Waals surface area contributed by atoms with E-state index >= 15 is 0 Å². The molecule has 13 heavy (non-hydrogen) atoms. The number of aliphatic hydroxyl groups excluding tert-OH is 1. The minimum atomic E-state index is -1.08. The third-order valence-corrected chi connectivity index (χ3v) is 1.51. The third-order valence-electron chi connectivity index (χ3n) is 1.51. The van der Waals surface area contributed by atoms with Crippen LogP contribution >= 0.6 is 0 Å². The molecule has 0 aliphatic rings. The normalized spacial score (nSPS) is 12.5. The molecule has 5 nitrogen and oxygen atoms in total. The Kier molecular flexibility index (Phi) is 3.05. The second-order valence-electron chi connectivity index (χ2n) is 2.32. The molecule has 0 spiro atoms. The highest BCUT2D eigenvalue weighted by Crippen LogP contribution is 2.17. The summed E-state index contributed by atoms with van der Waals surface area (Å²) in [6, 6.07) is 1.36. The maximum absolute atomic E-state index is 10.9. The average molecular weight is 186 g/mol. The van der Waals surface area contributed by atoms with Crippen LogP contribution in [0.15, 0.2) is 16.7 Å². The van der Waals surface area contributed by atoms with Gasteiger partial charge in [0.25, 0.3) is 0 Å². The predicted molar refractivity (Wildman–Crippen MR) is 42.0 cm³/mol. The topological polar surface area (TPSA) is 68.9 Å². The number of esters is 1. The zero-order valence-electron chi connectivity index (χ0n) is 7.31. The van der Waals surface area contributed by atoms with Crippen LogP contribution in [0.2, 0.25) is 0 Å². The Bertz CT molecular complexity index is 290. The van der Waals surface area contributed by atoms with Crippen molar-refractivity contribution in [3.63, 3.8) is 0 Å². The molecule has 0 bridgehead atoms.